The summed E-state index contributed by atoms with van der Waals surface area (Å²) in [7, 11) is 0. The van der Waals surface area contributed by atoms with E-state index < -0.39 is 5.97 Å². The molecule has 1 unspecified atom stereocenters. The number of carbonyl (C=O) groups is 1. The molecule has 1 aromatic heterocycles. The van der Waals surface area contributed by atoms with Crippen LogP contribution >= 0.6 is 11.6 Å². The van der Waals surface area contributed by atoms with Crippen molar-refractivity contribution < 1.29 is 14.6 Å². The van der Waals surface area contributed by atoms with Crippen molar-refractivity contribution in [2.75, 3.05) is 13.2 Å². The highest BCUT2D eigenvalue weighted by molar-refractivity contribution is 6.31. The van der Waals surface area contributed by atoms with Crippen molar-refractivity contribution in [3.63, 3.8) is 0 Å². The van der Waals surface area contributed by atoms with Crippen LogP contribution in [0.4, 0.5) is 0 Å². The van der Waals surface area contributed by atoms with Crippen LogP contribution in [0.1, 0.15) is 28.4 Å². The van der Waals surface area contributed by atoms with E-state index in [-0.39, 0.29) is 11.5 Å². The molecule has 1 N–H and O–H groups in total. The molecule has 0 amide bonds. The highest BCUT2D eigenvalue weighted by Gasteiger charge is 2.22. The number of ether oxygens (including phenoxy) is 1. The van der Waals surface area contributed by atoms with Crippen molar-refractivity contribution in [2.24, 2.45) is 0 Å². The number of aromatic nitrogens is 1. The third kappa shape index (κ3) is 2.29. The van der Waals surface area contributed by atoms with E-state index in [1.165, 1.54) is 0 Å². The number of carboxylic acids is 1. The number of hydrogen-bond donors (Lipinski definition) is 1. The van der Waals surface area contributed by atoms with Gasteiger partial charge in [-0.05, 0) is 24.6 Å². The Kier molecular flexibility index (Phi) is 3.12. The number of aromatic carboxylic acids is 1. The maximum atomic E-state index is 11.4. The molecule has 3 rings (SSSR count). The number of pyridine rings is 1. The molecule has 0 saturated carbocycles. The van der Waals surface area contributed by atoms with Gasteiger partial charge in [-0.2, -0.15) is 0 Å². The van der Waals surface area contributed by atoms with Gasteiger partial charge in [0.15, 0.2) is 0 Å². The molecular formula is C14H12ClNO3. The summed E-state index contributed by atoms with van der Waals surface area (Å²) in [6, 6.07) is 6.72. The molecule has 1 saturated heterocycles. The van der Waals surface area contributed by atoms with Crippen LogP contribution < -0.4 is 0 Å². The minimum atomic E-state index is -0.949. The van der Waals surface area contributed by atoms with E-state index in [9.17, 15) is 9.90 Å². The average molecular weight is 278 g/mol. The topological polar surface area (TPSA) is 59.4 Å². The maximum absolute atomic E-state index is 11.4. The zero-order valence-electron chi connectivity index (χ0n) is 10.1. The quantitative estimate of drug-likeness (QED) is 0.916. The van der Waals surface area contributed by atoms with Gasteiger partial charge in [0.05, 0.1) is 17.7 Å². The largest absolute Gasteiger partial charge is 0.478 e. The average Bonchev–Trinajstić information content (AvgIpc) is 2.90. The van der Waals surface area contributed by atoms with Crippen LogP contribution in [0.2, 0.25) is 5.02 Å². The van der Waals surface area contributed by atoms with Gasteiger partial charge in [0.25, 0.3) is 0 Å². The summed E-state index contributed by atoms with van der Waals surface area (Å²) in [4.78, 5) is 15.9. The van der Waals surface area contributed by atoms with E-state index in [1.807, 2.05) is 0 Å². The molecule has 0 spiro atoms. The van der Waals surface area contributed by atoms with E-state index >= 15 is 0 Å². The summed E-state index contributed by atoms with van der Waals surface area (Å²) in [5, 5.41) is 10.5. The van der Waals surface area contributed by atoms with Gasteiger partial charge in [0.1, 0.15) is 0 Å². The molecule has 0 bridgehead atoms. The second kappa shape index (κ2) is 4.79. The van der Waals surface area contributed by atoms with Crippen molar-refractivity contribution in [1.29, 1.82) is 0 Å². The molecule has 0 aliphatic carbocycles. The number of hydrogen-bond acceptors (Lipinski definition) is 3. The fourth-order valence-corrected chi connectivity index (χ4v) is 2.54. The third-order valence-corrected chi connectivity index (χ3v) is 3.61. The molecule has 2 aromatic rings. The number of fused-ring (bicyclic) bond motifs is 1. The van der Waals surface area contributed by atoms with Crippen LogP contribution in [0.3, 0.4) is 0 Å². The van der Waals surface area contributed by atoms with Gasteiger partial charge < -0.3 is 9.84 Å². The first-order valence-electron chi connectivity index (χ1n) is 6.06. The summed E-state index contributed by atoms with van der Waals surface area (Å²) in [6.45, 7) is 1.29. The Balaban J connectivity index is 2.21. The molecule has 1 atom stereocenters. The highest BCUT2D eigenvalue weighted by Crippen LogP contribution is 2.29. The van der Waals surface area contributed by atoms with Crippen molar-refractivity contribution in [1.82, 2.24) is 4.98 Å². The minimum Gasteiger partial charge on any atom is -0.478 e. The molecule has 1 fully saturated rings. The highest BCUT2D eigenvalue weighted by atomic mass is 35.5. The van der Waals surface area contributed by atoms with Crippen LogP contribution in [0.15, 0.2) is 24.3 Å². The van der Waals surface area contributed by atoms with Crippen molar-refractivity contribution in [3.8, 4) is 0 Å². The van der Waals surface area contributed by atoms with Crippen molar-refractivity contribution in [3.05, 3.63) is 40.5 Å². The normalized spacial score (nSPS) is 18.9. The van der Waals surface area contributed by atoms with Crippen molar-refractivity contribution in [2.45, 2.75) is 12.3 Å². The minimum absolute atomic E-state index is 0.168. The van der Waals surface area contributed by atoms with E-state index in [4.69, 9.17) is 16.3 Å². The van der Waals surface area contributed by atoms with Gasteiger partial charge in [-0.25, -0.2) is 4.79 Å². The first-order valence-corrected chi connectivity index (χ1v) is 6.44. The number of rotatable bonds is 2. The lowest BCUT2D eigenvalue weighted by Crippen LogP contribution is -2.06. The van der Waals surface area contributed by atoms with Crippen LogP contribution in [-0.4, -0.2) is 29.3 Å². The van der Waals surface area contributed by atoms with Gasteiger partial charge in [-0.1, -0.05) is 17.7 Å². The van der Waals surface area contributed by atoms with Gasteiger partial charge in [-0.15, -0.1) is 0 Å². The SMILES string of the molecule is O=C(O)c1cc(C2CCOC2)nc2cc(Cl)ccc12. The van der Waals surface area contributed by atoms with Crippen LogP contribution in [-0.2, 0) is 4.74 Å². The predicted octanol–water partition coefficient (Wildman–Crippen LogP) is 3.09. The monoisotopic (exact) mass is 277 g/mol. The molecule has 98 valence electrons. The number of benzene rings is 1. The summed E-state index contributed by atoms with van der Waals surface area (Å²) >= 11 is 5.95. The maximum Gasteiger partial charge on any atom is 0.336 e. The molecule has 0 radical (unpaired) electrons. The van der Waals surface area contributed by atoms with Gasteiger partial charge in [-0.3, -0.25) is 4.98 Å². The molecule has 1 aliphatic heterocycles. The number of nitrogens with zero attached hydrogens (tertiary/aromatic N) is 1. The lowest BCUT2D eigenvalue weighted by molar-refractivity contribution is 0.0698. The summed E-state index contributed by atoms with van der Waals surface area (Å²) < 4.78 is 5.33. The van der Waals surface area contributed by atoms with Crippen LogP contribution in [0.5, 0.6) is 0 Å². The fourth-order valence-electron chi connectivity index (χ4n) is 2.38. The zero-order chi connectivity index (χ0) is 13.4. The molecule has 5 heteroatoms. The first-order chi connectivity index (χ1) is 9.15. The standard InChI is InChI=1S/C14H12ClNO3/c15-9-1-2-10-11(14(17)18)6-12(16-13(10)5-9)8-3-4-19-7-8/h1-2,5-6,8H,3-4,7H2,(H,17,18). The molecular weight excluding hydrogens is 266 g/mol. The summed E-state index contributed by atoms with van der Waals surface area (Å²) in [6.07, 6.45) is 0.873. The Hall–Kier alpha value is -1.65. The molecule has 19 heavy (non-hydrogen) atoms. The van der Waals surface area contributed by atoms with E-state index in [0.717, 1.165) is 12.1 Å². The van der Waals surface area contributed by atoms with Crippen molar-refractivity contribution >= 4 is 28.5 Å². The molecule has 2 heterocycles. The predicted molar refractivity (Wildman–Crippen MR) is 71.9 cm³/mol. The van der Waals surface area contributed by atoms with E-state index in [2.05, 4.69) is 4.98 Å². The zero-order valence-corrected chi connectivity index (χ0v) is 10.9. The first kappa shape index (κ1) is 12.4. The van der Waals surface area contributed by atoms with Gasteiger partial charge in [0, 0.05) is 28.6 Å². The molecule has 1 aliphatic rings. The lowest BCUT2D eigenvalue weighted by Gasteiger charge is -2.11. The second-order valence-electron chi connectivity index (χ2n) is 4.62. The van der Waals surface area contributed by atoms with Crippen LogP contribution in [0, 0.1) is 0 Å². The molecule has 1 aromatic carbocycles. The Bertz CT molecular complexity index is 650. The Labute approximate surface area is 115 Å². The fraction of sp³-hybridized carbons (Fsp3) is 0.286. The Morgan fingerprint density at radius 1 is 1.42 bits per heavy atom. The number of halogens is 1. The summed E-state index contributed by atoms with van der Waals surface area (Å²) in [5.74, 6) is -0.781. The Morgan fingerprint density at radius 3 is 2.95 bits per heavy atom. The summed E-state index contributed by atoms with van der Waals surface area (Å²) in [5.41, 5.74) is 1.66. The second-order valence-corrected chi connectivity index (χ2v) is 5.06. The third-order valence-electron chi connectivity index (χ3n) is 3.37. The number of carboxylic acid groups (broad SMARTS) is 1. The van der Waals surface area contributed by atoms with Crippen LogP contribution in [0.25, 0.3) is 10.9 Å². The molecule has 4 nitrogen and oxygen atoms in total. The lowest BCUT2D eigenvalue weighted by atomic mass is 10.00. The van der Waals surface area contributed by atoms with E-state index in [1.54, 1.807) is 24.3 Å². The van der Waals surface area contributed by atoms with Gasteiger partial charge in [0.2, 0.25) is 0 Å². The van der Waals surface area contributed by atoms with Gasteiger partial charge >= 0.3 is 5.97 Å². The smallest absolute Gasteiger partial charge is 0.336 e. The van der Waals surface area contributed by atoms with E-state index in [0.29, 0.717) is 29.1 Å². The Morgan fingerprint density at radius 2 is 2.26 bits per heavy atom.